The molecule has 0 bridgehead atoms. The number of hydrogen-bond donors (Lipinski definition) is 0. The molecule has 0 spiro atoms. The topological polar surface area (TPSA) is 61.4 Å². The maximum atomic E-state index is 5.41. The highest BCUT2D eigenvalue weighted by Gasteiger charge is 2.24. The van der Waals surface area contributed by atoms with E-state index in [9.17, 15) is 0 Å². The minimum Gasteiger partial charge on any atom is -0.283 e. The first-order valence-corrected chi connectivity index (χ1v) is 19.8. The van der Waals surface area contributed by atoms with Gasteiger partial charge in [-0.2, -0.15) is 9.97 Å². The molecule has 0 amide bonds. The van der Waals surface area contributed by atoms with Crippen molar-refractivity contribution in [2.75, 3.05) is 0 Å². The fourth-order valence-corrected chi connectivity index (χ4v) is 9.41. The highest BCUT2D eigenvalue weighted by atomic mass is 32.1. The second-order valence-electron chi connectivity index (χ2n) is 14.3. The van der Waals surface area contributed by atoms with Crippen LogP contribution in [0.2, 0.25) is 0 Å². The maximum absolute atomic E-state index is 5.41. The summed E-state index contributed by atoms with van der Waals surface area (Å²) in [6.45, 7) is 0. The molecule has 0 aliphatic heterocycles. The number of fused-ring (bicyclic) bond motifs is 10. The van der Waals surface area contributed by atoms with E-state index in [-0.39, 0.29) is 0 Å². The van der Waals surface area contributed by atoms with Crippen molar-refractivity contribution in [2.45, 2.75) is 0 Å². The molecule has 0 aliphatic rings. The Morgan fingerprint density at radius 3 is 1.54 bits per heavy atom. The monoisotopic (exact) mass is 746 g/mol. The van der Waals surface area contributed by atoms with Gasteiger partial charge in [0.1, 0.15) is 0 Å². The first kappa shape index (κ1) is 31.8. The van der Waals surface area contributed by atoms with Gasteiger partial charge in [-0.25, -0.2) is 9.97 Å². The molecule has 0 fully saturated rings. The Bertz CT molecular complexity index is 3510. The molecule has 57 heavy (non-hydrogen) atoms. The molecule has 7 heteroatoms. The van der Waals surface area contributed by atoms with Gasteiger partial charge in [0.2, 0.25) is 5.95 Å². The van der Waals surface area contributed by atoms with Crippen LogP contribution in [0.4, 0.5) is 0 Å². The van der Waals surface area contributed by atoms with E-state index < -0.39 is 0 Å². The van der Waals surface area contributed by atoms with Crippen molar-refractivity contribution in [1.82, 2.24) is 29.1 Å². The third kappa shape index (κ3) is 4.96. The molecule has 4 aromatic heterocycles. The zero-order chi connectivity index (χ0) is 37.5. The predicted molar refractivity (Wildman–Crippen MR) is 235 cm³/mol. The lowest BCUT2D eigenvalue weighted by molar-refractivity contribution is 0.953. The molecular formula is C50H30N6S. The van der Waals surface area contributed by atoms with Gasteiger partial charge in [-0.15, -0.1) is 0 Å². The zero-order valence-electron chi connectivity index (χ0n) is 30.4. The van der Waals surface area contributed by atoms with Crippen LogP contribution < -0.4 is 0 Å². The molecule has 0 N–H and O–H groups in total. The van der Waals surface area contributed by atoms with Crippen LogP contribution in [0.15, 0.2) is 182 Å². The smallest absolute Gasteiger partial charge is 0.238 e. The molecular weight excluding hydrogens is 717 g/mol. The van der Waals surface area contributed by atoms with E-state index in [1.165, 1.54) is 5.39 Å². The summed E-state index contributed by atoms with van der Waals surface area (Å²) in [7, 11) is 0. The average molecular weight is 747 g/mol. The second-order valence-corrected chi connectivity index (χ2v) is 15.3. The lowest BCUT2D eigenvalue weighted by Crippen LogP contribution is -2.07. The third-order valence-corrected chi connectivity index (χ3v) is 12.0. The van der Waals surface area contributed by atoms with Crippen LogP contribution in [0, 0.1) is 0 Å². The predicted octanol–water partition coefficient (Wildman–Crippen LogP) is 12.8. The Morgan fingerprint density at radius 2 is 0.860 bits per heavy atom. The fourth-order valence-electron chi connectivity index (χ4n) is 8.40. The molecule has 266 valence electrons. The number of rotatable bonds is 5. The van der Waals surface area contributed by atoms with Crippen LogP contribution in [0.3, 0.4) is 0 Å². The first-order valence-electron chi connectivity index (χ1n) is 19.0. The summed E-state index contributed by atoms with van der Waals surface area (Å²) >= 11 is 1.72. The van der Waals surface area contributed by atoms with Gasteiger partial charge in [-0.1, -0.05) is 175 Å². The van der Waals surface area contributed by atoms with Crippen molar-refractivity contribution < 1.29 is 0 Å². The van der Waals surface area contributed by atoms with Crippen LogP contribution in [-0.2, 0) is 0 Å². The maximum Gasteiger partial charge on any atom is 0.238 e. The second kappa shape index (κ2) is 12.5. The molecule has 0 atom stereocenters. The van der Waals surface area contributed by atoms with Crippen LogP contribution >= 0.6 is 11.3 Å². The van der Waals surface area contributed by atoms with E-state index in [0.717, 1.165) is 86.6 Å². The van der Waals surface area contributed by atoms with Gasteiger partial charge in [-0.05, 0) is 34.7 Å². The van der Waals surface area contributed by atoms with Crippen LogP contribution in [0.1, 0.15) is 0 Å². The lowest BCUT2D eigenvalue weighted by Gasteiger charge is -2.12. The molecule has 12 aromatic rings. The lowest BCUT2D eigenvalue weighted by atomic mass is 10.0. The van der Waals surface area contributed by atoms with E-state index in [4.69, 9.17) is 19.9 Å². The number of nitrogens with zero attached hydrogens (tertiary/aromatic N) is 6. The molecule has 6 nitrogen and oxygen atoms in total. The molecule has 4 heterocycles. The summed E-state index contributed by atoms with van der Waals surface area (Å²) < 4.78 is 5.74. The largest absolute Gasteiger partial charge is 0.283 e. The van der Waals surface area contributed by atoms with Gasteiger partial charge >= 0.3 is 0 Å². The van der Waals surface area contributed by atoms with Gasteiger partial charge in [-0.3, -0.25) is 9.13 Å². The van der Waals surface area contributed by atoms with Gasteiger partial charge in [0.05, 0.1) is 32.3 Å². The molecule has 0 unspecified atom stereocenters. The number of hydrogen-bond acceptors (Lipinski definition) is 5. The van der Waals surface area contributed by atoms with Gasteiger partial charge in [0.25, 0.3) is 0 Å². The minimum absolute atomic E-state index is 0.553. The highest BCUT2D eigenvalue weighted by molar-refractivity contribution is 7.21. The number of thiazole rings is 1. The van der Waals surface area contributed by atoms with Gasteiger partial charge in [0.15, 0.2) is 16.8 Å². The summed E-state index contributed by atoms with van der Waals surface area (Å²) in [5.74, 6) is 1.77. The summed E-state index contributed by atoms with van der Waals surface area (Å²) in [4.78, 5) is 21.1. The Kier molecular flexibility index (Phi) is 7.00. The Hall–Kier alpha value is -7.48. The van der Waals surface area contributed by atoms with Crippen molar-refractivity contribution >= 4 is 75.9 Å². The van der Waals surface area contributed by atoms with E-state index in [0.29, 0.717) is 17.6 Å². The number of benzene rings is 8. The van der Waals surface area contributed by atoms with Crippen LogP contribution in [0.25, 0.3) is 110 Å². The van der Waals surface area contributed by atoms with E-state index >= 15 is 0 Å². The zero-order valence-corrected chi connectivity index (χ0v) is 31.2. The quantitative estimate of drug-likeness (QED) is 0.176. The van der Waals surface area contributed by atoms with Crippen molar-refractivity contribution in [3.8, 4) is 45.0 Å². The normalized spacial score (nSPS) is 11.9. The van der Waals surface area contributed by atoms with Crippen LogP contribution in [-0.4, -0.2) is 29.1 Å². The minimum atomic E-state index is 0.553. The number of aromatic nitrogens is 6. The molecule has 0 aliphatic carbocycles. The van der Waals surface area contributed by atoms with Crippen molar-refractivity contribution in [3.05, 3.63) is 182 Å². The van der Waals surface area contributed by atoms with Crippen LogP contribution in [0.5, 0.6) is 0 Å². The standard InChI is InChI=1S/C50H30N6S/c1-3-13-31(14-4-1)32-23-25-35(26-24-32)48-52-47(34-16-5-2-6-17-34)53-49(54-48)55-41-21-11-9-19-37(41)39-28-29-40-38-20-10-12-22-42(38)56(46(40)45(39)55)50-51-44-36-18-8-7-15-33(36)27-30-43(44)57-50/h1-30H. The Labute approximate surface area is 330 Å². The van der Waals surface area contributed by atoms with E-state index in [1.807, 2.05) is 24.3 Å². The average Bonchev–Trinajstić information content (AvgIpc) is 3.97. The highest BCUT2D eigenvalue weighted by Crippen LogP contribution is 2.43. The van der Waals surface area contributed by atoms with Gasteiger partial charge in [0, 0.05) is 38.1 Å². The van der Waals surface area contributed by atoms with Crippen molar-refractivity contribution in [3.63, 3.8) is 0 Å². The number of para-hydroxylation sites is 2. The first-order chi connectivity index (χ1) is 28.3. The Balaban J connectivity index is 1.18. The molecule has 0 radical (unpaired) electrons. The SMILES string of the molecule is c1ccc(-c2ccc(-c3nc(-c4ccccc4)nc(-n4c5ccccc5c5ccc6c7ccccc7n(-c7nc8c(ccc9ccccc98)s7)c6c54)n3)cc2)cc1. The molecule has 8 aromatic carbocycles. The summed E-state index contributed by atoms with van der Waals surface area (Å²) in [6, 6.07) is 63.7. The van der Waals surface area contributed by atoms with E-state index in [2.05, 4.69) is 167 Å². The molecule has 0 saturated heterocycles. The third-order valence-electron chi connectivity index (χ3n) is 11.0. The summed E-state index contributed by atoms with van der Waals surface area (Å²) in [6.07, 6.45) is 0. The van der Waals surface area contributed by atoms with Gasteiger partial charge < -0.3 is 0 Å². The molecule has 0 saturated carbocycles. The van der Waals surface area contributed by atoms with Crippen molar-refractivity contribution in [2.24, 2.45) is 0 Å². The van der Waals surface area contributed by atoms with Crippen molar-refractivity contribution in [1.29, 1.82) is 0 Å². The fraction of sp³-hybridized carbons (Fsp3) is 0. The molecule has 12 rings (SSSR count). The Morgan fingerprint density at radius 1 is 0.351 bits per heavy atom. The summed E-state index contributed by atoms with van der Waals surface area (Å²) in [5.41, 5.74) is 9.34. The summed E-state index contributed by atoms with van der Waals surface area (Å²) in [5, 5.41) is 7.79. The van der Waals surface area contributed by atoms with E-state index in [1.54, 1.807) is 11.3 Å².